The monoisotopic (exact) mass is 363 g/mol. The summed E-state index contributed by atoms with van der Waals surface area (Å²) < 4.78 is 39.1. The van der Waals surface area contributed by atoms with Gasteiger partial charge in [-0.1, -0.05) is 18.2 Å². The third kappa shape index (κ3) is 3.50. The number of carbonyl (C=O) groups is 2. The summed E-state index contributed by atoms with van der Waals surface area (Å²) in [6.45, 7) is 0.512. The lowest BCUT2D eigenvalue weighted by Crippen LogP contribution is -2.31. The van der Waals surface area contributed by atoms with E-state index < -0.39 is 35.5 Å². The van der Waals surface area contributed by atoms with E-state index >= 15 is 0 Å². The lowest BCUT2D eigenvalue weighted by molar-refractivity contribution is -0.142. The SMILES string of the molecule is Cl.O=C(O)C1CCN(C(=O)C2CC2c2ccccc2C(F)(F)F)C1. The van der Waals surface area contributed by atoms with Gasteiger partial charge in [0.05, 0.1) is 11.5 Å². The van der Waals surface area contributed by atoms with Crippen LogP contribution in [0.1, 0.15) is 29.9 Å². The molecule has 0 radical (unpaired) electrons. The number of nitrogens with zero attached hydrogens (tertiary/aromatic N) is 1. The van der Waals surface area contributed by atoms with E-state index in [2.05, 4.69) is 0 Å². The molecule has 3 atom stereocenters. The van der Waals surface area contributed by atoms with Crippen molar-refractivity contribution >= 4 is 24.3 Å². The standard InChI is InChI=1S/C16H16F3NO3.ClH/c17-16(18,19)13-4-2-1-3-10(13)11-7-12(11)14(21)20-6-5-9(8-20)15(22)23;/h1-4,9,11-12H,5-8H2,(H,22,23);1H. The highest BCUT2D eigenvalue weighted by atomic mass is 35.5. The van der Waals surface area contributed by atoms with Gasteiger partial charge in [-0.2, -0.15) is 13.2 Å². The van der Waals surface area contributed by atoms with Gasteiger partial charge in [-0.05, 0) is 30.4 Å². The first-order chi connectivity index (χ1) is 10.8. The number of benzene rings is 1. The quantitative estimate of drug-likeness (QED) is 0.897. The molecule has 0 spiro atoms. The lowest BCUT2D eigenvalue weighted by Gasteiger charge is -2.17. The molecule has 1 amide bonds. The Morgan fingerprint density at radius 2 is 1.88 bits per heavy atom. The molecule has 1 aromatic carbocycles. The summed E-state index contributed by atoms with van der Waals surface area (Å²) in [5, 5.41) is 8.96. The maximum atomic E-state index is 13.0. The molecule has 132 valence electrons. The number of aliphatic carboxylic acids is 1. The number of likely N-dealkylation sites (tertiary alicyclic amines) is 1. The van der Waals surface area contributed by atoms with Gasteiger partial charge in [0, 0.05) is 19.0 Å². The number of hydrogen-bond acceptors (Lipinski definition) is 2. The zero-order chi connectivity index (χ0) is 16.8. The molecule has 1 aromatic rings. The Kier molecular flexibility index (Phi) is 5.13. The van der Waals surface area contributed by atoms with Crippen molar-refractivity contribution in [3.8, 4) is 0 Å². The van der Waals surface area contributed by atoms with Gasteiger partial charge in [-0.15, -0.1) is 12.4 Å². The van der Waals surface area contributed by atoms with E-state index in [0.29, 0.717) is 19.4 Å². The summed E-state index contributed by atoms with van der Waals surface area (Å²) in [6.07, 6.45) is -3.65. The lowest BCUT2D eigenvalue weighted by atomic mass is 10.0. The molecule has 3 unspecified atom stereocenters. The van der Waals surface area contributed by atoms with Crippen molar-refractivity contribution < 1.29 is 27.9 Å². The first-order valence-corrected chi connectivity index (χ1v) is 7.46. The minimum absolute atomic E-state index is 0. The topological polar surface area (TPSA) is 57.6 Å². The second-order valence-electron chi connectivity index (χ2n) is 6.14. The highest BCUT2D eigenvalue weighted by molar-refractivity contribution is 5.85. The summed E-state index contributed by atoms with van der Waals surface area (Å²) in [5.41, 5.74) is -0.530. The molecule has 24 heavy (non-hydrogen) atoms. The minimum atomic E-state index is -4.44. The van der Waals surface area contributed by atoms with Crippen LogP contribution in [0.4, 0.5) is 13.2 Å². The molecule has 1 heterocycles. The number of amides is 1. The summed E-state index contributed by atoms with van der Waals surface area (Å²) in [4.78, 5) is 24.8. The second kappa shape index (κ2) is 6.63. The van der Waals surface area contributed by atoms with Crippen molar-refractivity contribution in [3.63, 3.8) is 0 Å². The molecule has 2 fully saturated rings. The van der Waals surface area contributed by atoms with Crippen LogP contribution in [0, 0.1) is 11.8 Å². The van der Waals surface area contributed by atoms with Crippen LogP contribution in [0.2, 0.25) is 0 Å². The van der Waals surface area contributed by atoms with Crippen molar-refractivity contribution in [2.75, 3.05) is 13.1 Å². The smallest absolute Gasteiger partial charge is 0.416 e. The van der Waals surface area contributed by atoms with E-state index in [1.54, 1.807) is 6.07 Å². The fourth-order valence-corrected chi connectivity index (χ4v) is 3.29. The van der Waals surface area contributed by atoms with E-state index in [0.717, 1.165) is 6.07 Å². The fourth-order valence-electron chi connectivity index (χ4n) is 3.29. The normalized spacial score (nSPS) is 26.0. The average Bonchev–Trinajstić information content (AvgIpc) is 3.12. The Hall–Kier alpha value is -1.76. The van der Waals surface area contributed by atoms with Gasteiger partial charge in [-0.3, -0.25) is 9.59 Å². The van der Waals surface area contributed by atoms with E-state index in [9.17, 15) is 22.8 Å². The molecule has 0 aromatic heterocycles. The van der Waals surface area contributed by atoms with Gasteiger partial charge in [0.15, 0.2) is 0 Å². The van der Waals surface area contributed by atoms with E-state index in [1.807, 2.05) is 0 Å². The number of carboxylic acid groups (broad SMARTS) is 1. The highest BCUT2D eigenvalue weighted by Crippen LogP contribution is 2.52. The predicted molar refractivity (Wildman–Crippen MR) is 81.9 cm³/mol. The van der Waals surface area contributed by atoms with Crippen LogP contribution in [-0.4, -0.2) is 35.0 Å². The molecule has 3 rings (SSSR count). The fraction of sp³-hybridized carbons (Fsp3) is 0.500. The summed E-state index contributed by atoms with van der Waals surface area (Å²) in [7, 11) is 0. The number of rotatable bonds is 3. The van der Waals surface area contributed by atoms with Gasteiger partial charge in [0.25, 0.3) is 0 Å². The Bertz CT molecular complexity index is 650. The molecule has 1 aliphatic heterocycles. The molecule has 2 aliphatic rings. The van der Waals surface area contributed by atoms with Crippen molar-refractivity contribution in [1.29, 1.82) is 0 Å². The van der Waals surface area contributed by atoms with Crippen LogP contribution >= 0.6 is 12.4 Å². The Balaban J connectivity index is 0.00000208. The second-order valence-corrected chi connectivity index (χ2v) is 6.14. The van der Waals surface area contributed by atoms with E-state index in [4.69, 9.17) is 5.11 Å². The Morgan fingerprint density at radius 1 is 1.21 bits per heavy atom. The zero-order valence-corrected chi connectivity index (χ0v) is 13.4. The van der Waals surface area contributed by atoms with Crippen LogP contribution < -0.4 is 0 Å². The largest absolute Gasteiger partial charge is 0.481 e. The average molecular weight is 364 g/mol. The van der Waals surface area contributed by atoms with Gasteiger partial charge < -0.3 is 10.0 Å². The van der Waals surface area contributed by atoms with E-state index in [1.165, 1.54) is 17.0 Å². The first-order valence-electron chi connectivity index (χ1n) is 7.46. The highest BCUT2D eigenvalue weighted by Gasteiger charge is 2.50. The predicted octanol–water partition coefficient (Wildman–Crippen LogP) is 3.16. The number of carbonyl (C=O) groups excluding carboxylic acids is 1. The third-order valence-corrected chi connectivity index (χ3v) is 4.62. The van der Waals surface area contributed by atoms with Gasteiger partial charge in [-0.25, -0.2) is 0 Å². The summed E-state index contributed by atoms with van der Waals surface area (Å²) >= 11 is 0. The number of alkyl halides is 3. The molecule has 8 heteroatoms. The minimum Gasteiger partial charge on any atom is -0.481 e. The van der Waals surface area contributed by atoms with Crippen LogP contribution in [0.3, 0.4) is 0 Å². The van der Waals surface area contributed by atoms with Gasteiger partial charge in [0.2, 0.25) is 5.91 Å². The zero-order valence-electron chi connectivity index (χ0n) is 12.6. The first kappa shape index (κ1) is 18.6. The maximum absolute atomic E-state index is 13.0. The number of hydrogen-bond donors (Lipinski definition) is 1. The van der Waals surface area contributed by atoms with Crippen LogP contribution in [-0.2, 0) is 15.8 Å². The van der Waals surface area contributed by atoms with Crippen molar-refractivity contribution in [2.24, 2.45) is 11.8 Å². The molecule has 1 N–H and O–H groups in total. The number of halogens is 4. The van der Waals surface area contributed by atoms with Crippen LogP contribution in [0.25, 0.3) is 0 Å². The third-order valence-electron chi connectivity index (χ3n) is 4.62. The maximum Gasteiger partial charge on any atom is 0.416 e. The van der Waals surface area contributed by atoms with Crippen molar-refractivity contribution in [1.82, 2.24) is 4.90 Å². The molecular weight excluding hydrogens is 347 g/mol. The van der Waals surface area contributed by atoms with Gasteiger partial charge >= 0.3 is 12.1 Å². The Morgan fingerprint density at radius 3 is 2.46 bits per heavy atom. The van der Waals surface area contributed by atoms with Crippen molar-refractivity contribution in [2.45, 2.75) is 24.9 Å². The molecule has 1 saturated heterocycles. The summed E-state index contributed by atoms with van der Waals surface area (Å²) in [5.74, 6) is -2.63. The molecular formula is C16H17ClF3NO3. The number of carboxylic acids is 1. The summed E-state index contributed by atoms with van der Waals surface area (Å²) in [6, 6.07) is 5.33. The van der Waals surface area contributed by atoms with Crippen LogP contribution in [0.5, 0.6) is 0 Å². The molecule has 0 bridgehead atoms. The van der Waals surface area contributed by atoms with Crippen LogP contribution in [0.15, 0.2) is 24.3 Å². The molecule has 1 aliphatic carbocycles. The van der Waals surface area contributed by atoms with Crippen molar-refractivity contribution in [3.05, 3.63) is 35.4 Å². The molecule has 4 nitrogen and oxygen atoms in total. The Labute approximate surface area is 143 Å². The van der Waals surface area contributed by atoms with E-state index in [-0.39, 0.29) is 30.4 Å². The van der Waals surface area contributed by atoms with Gasteiger partial charge in [0.1, 0.15) is 0 Å². The molecule has 1 saturated carbocycles.